The van der Waals surface area contributed by atoms with Gasteiger partial charge in [-0.15, -0.1) is 12.4 Å². The number of hydrogen-bond acceptors (Lipinski definition) is 2. The first-order valence-corrected chi connectivity index (χ1v) is 3.86. The lowest BCUT2D eigenvalue weighted by Crippen LogP contribution is -1.95. The van der Waals surface area contributed by atoms with E-state index in [1.54, 1.807) is 10.6 Å². The molecule has 0 spiro atoms. The molecule has 0 radical (unpaired) electrons. The van der Waals surface area contributed by atoms with Crippen LogP contribution in [0.15, 0.2) is 24.5 Å². The van der Waals surface area contributed by atoms with Gasteiger partial charge in [-0.3, -0.25) is 0 Å². The number of fused-ring (bicyclic) bond motifs is 1. The quantitative estimate of drug-likeness (QED) is 0.791. The maximum Gasteiger partial charge on any atom is 0.356 e. The van der Waals surface area contributed by atoms with E-state index >= 15 is 0 Å². The highest BCUT2D eigenvalue weighted by atomic mass is 35.5. The van der Waals surface area contributed by atoms with Gasteiger partial charge in [0.05, 0.1) is 0 Å². The number of aromatic carboxylic acids is 1. The van der Waals surface area contributed by atoms with E-state index in [1.807, 2.05) is 19.1 Å². The summed E-state index contributed by atoms with van der Waals surface area (Å²) in [5, 5.41) is 8.70. The van der Waals surface area contributed by atoms with Crippen LogP contribution in [-0.2, 0) is 0 Å². The molecule has 0 bridgehead atoms. The predicted molar refractivity (Wildman–Crippen MR) is 57.8 cm³/mol. The summed E-state index contributed by atoms with van der Waals surface area (Å²) in [4.78, 5) is 14.6. The van der Waals surface area contributed by atoms with Gasteiger partial charge in [-0.2, -0.15) is 0 Å². The molecule has 0 aliphatic rings. The fraction of sp³-hybridized carbons (Fsp3) is 0.111. The van der Waals surface area contributed by atoms with Crippen LogP contribution in [0.1, 0.15) is 16.1 Å². The molecule has 6 heteroatoms. The van der Waals surface area contributed by atoms with E-state index < -0.39 is 5.97 Å². The van der Waals surface area contributed by atoms with Gasteiger partial charge in [-0.25, -0.2) is 9.78 Å². The molecule has 0 unspecified atom stereocenters. The number of carbonyl (C=O) groups is 1. The van der Waals surface area contributed by atoms with Gasteiger partial charge in [-0.1, -0.05) is 6.07 Å². The fourth-order valence-electron chi connectivity index (χ4n) is 1.26. The van der Waals surface area contributed by atoms with Crippen LogP contribution in [0.2, 0.25) is 0 Å². The summed E-state index contributed by atoms with van der Waals surface area (Å²) >= 11 is 0. The van der Waals surface area contributed by atoms with Gasteiger partial charge in [-0.05, 0) is 18.6 Å². The number of aromatic nitrogens is 2. The van der Waals surface area contributed by atoms with Gasteiger partial charge in [0.25, 0.3) is 0 Å². The number of hydrogen-bond donors (Lipinski definition) is 1. The van der Waals surface area contributed by atoms with E-state index in [4.69, 9.17) is 5.11 Å². The molecule has 0 aliphatic carbocycles. The number of carboxylic acid groups (broad SMARTS) is 1. The summed E-state index contributed by atoms with van der Waals surface area (Å²) in [6.45, 7) is 1.90. The molecular formula is C9H11ClN2O3. The van der Waals surface area contributed by atoms with E-state index in [-0.39, 0.29) is 23.6 Å². The number of pyridine rings is 1. The van der Waals surface area contributed by atoms with Crippen LogP contribution in [0.4, 0.5) is 0 Å². The van der Waals surface area contributed by atoms with Crippen molar-refractivity contribution in [3.05, 3.63) is 35.8 Å². The number of nitrogens with zero attached hydrogens (tertiary/aromatic N) is 2. The number of imidazole rings is 1. The van der Waals surface area contributed by atoms with E-state index in [0.717, 1.165) is 5.56 Å². The Hall–Kier alpha value is -1.59. The van der Waals surface area contributed by atoms with Gasteiger partial charge < -0.3 is 15.0 Å². The maximum absolute atomic E-state index is 10.6. The summed E-state index contributed by atoms with van der Waals surface area (Å²) in [5.41, 5.74) is 1.74. The Balaban J connectivity index is 0.000000980. The van der Waals surface area contributed by atoms with Crippen molar-refractivity contribution in [1.29, 1.82) is 0 Å². The zero-order chi connectivity index (χ0) is 9.42. The second kappa shape index (κ2) is 4.77. The first-order chi connectivity index (χ1) is 6.18. The van der Waals surface area contributed by atoms with Crippen LogP contribution < -0.4 is 0 Å². The molecule has 2 aromatic heterocycles. The minimum absolute atomic E-state index is 0. The Morgan fingerprint density at radius 3 is 2.73 bits per heavy atom. The third kappa shape index (κ3) is 2.26. The topological polar surface area (TPSA) is 86.1 Å². The highest BCUT2D eigenvalue weighted by Gasteiger charge is 2.08. The van der Waals surface area contributed by atoms with Crippen molar-refractivity contribution in [3.8, 4) is 0 Å². The van der Waals surface area contributed by atoms with Crippen molar-refractivity contribution in [3.63, 3.8) is 0 Å². The molecule has 2 heterocycles. The molecule has 15 heavy (non-hydrogen) atoms. The molecule has 3 N–H and O–H groups in total. The van der Waals surface area contributed by atoms with Crippen LogP contribution in [0.25, 0.3) is 5.65 Å². The lowest BCUT2D eigenvalue weighted by molar-refractivity contribution is 0.0691. The zero-order valence-corrected chi connectivity index (χ0v) is 8.78. The molecule has 0 saturated carbocycles. The van der Waals surface area contributed by atoms with Gasteiger partial charge >= 0.3 is 5.97 Å². The van der Waals surface area contributed by atoms with E-state index in [1.165, 1.54) is 6.20 Å². The van der Waals surface area contributed by atoms with Crippen molar-refractivity contribution in [2.24, 2.45) is 0 Å². The highest BCUT2D eigenvalue weighted by Crippen LogP contribution is 2.09. The van der Waals surface area contributed by atoms with Crippen LogP contribution in [0, 0.1) is 6.92 Å². The van der Waals surface area contributed by atoms with Crippen molar-refractivity contribution in [2.45, 2.75) is 6.92 Å². The highest BCUT2D eigenvalue weighted by molar-refractivity contribution is 5.86. The Labute approximate surface area is 92.1 Å². The largest absolute Gasteiger partial charge is 0.476 e. The third-order valence-electron chi connectivity index (χ3n) is 1.90. The van der Waals surface area contributed by atoms with E-state index in [9.17, 15) is 4.79 Å². The Kier molecular flexibility index (Phi) is 4.26. The molecule has 2 aromatic rings. The predicted octanol–water partition coefficient (Wildman–Crippen LogP) is 0.938. The second-order valence-electron chi connectivity index (χ2n) is 2.85. The Morgan fingerprint density at radius 2 is 2.20 bits per heavy atom. The average Bonchev–Trinajstić information content (AvgIpc) is 2.49. The lowest BCUT2D eigenvalue weighted by atomic mass is 10.3. The summed E-state index contributed by atoms with van der Waals surface area (Å²) in [6.07, 6.45) is 3.28. The van der Waals surface area contributed by atoms with E-state index in [2.05, 4.69) is 4.98 Å². The summed E-state index contributed by atoms with van der Waals surface area (Å²) in [5.74, 6) is -0.997. The van der Waals surface area contributed by atoms with E-state index in [0.29, 0.717) is 5.65 Å². The minimum Gasteiger partial charge on any atom is -0.476 e. The fourth-order valence-corrected chi connectivity index (χ4v) is 1.26. The third-order valence-corrected chi connectivity index (χ3v) is 1.90. The van der Waals surface area contributed by atoms with Crippen LogP contribution in [0.3, 0.4) is 0 Å². The SMILES string of the molecule is Cc1cccn2cc(C(=O)O)nc12.Cl.O. The number of aryl methyl sites for hydroxylation is 1. The lowest BCUT2D eigenvalue weighted by Gasteiger charge is -1.93. The second-order valence-corrected chi connectivity index (χ2v) is 2.85. The first-order valence-electron chi connectivity index (χ1n) is 3.86. The number of carboxylic acids is 1. The summed E-state index contributed by atoms with van der Waals surface area (Å²) < 4.78 is 1.71. The summed E-state index contributed by atoms with van der Waals surface area (Å²) in [7, 11) is 0. The van der Waals surface area contributed by atoms with Crippen LogP contribution in [-0.4, -0.2) is 25.9 Å². The van der Waals surface area contributed by atoms with Crippen LogP contribution in [0.5, 0.6) is 0 Å². The number of halogens is 1. The molecule has 0 aromatic carbocycles. The van der Waals surface area contributed by atoms with Gasteiger partial charge in [0.1, 0.15) is 5.65 Å². The molecular weight excluding hydrogens is 220 g/mol. The monoisotopic (exact) mass is 230 g/mol. The maximum atomic E-state index is 10.6. The average molecular weight is 231 g/mol. The molecule has 0 saturated heterocycles. The first kappa shape index (κ1) is 13.4. The van der Waals surface area contributed by atoms with Crippen LogP contribution >= 0.6 is 12.4 Å². The number of rotatable bonds is 1. The molecule has 5 nitrogen and oxygen atoms in total. The molecule has 82 valence electrons. The standard InChI is InChI=1S/C9H8N2O2.ClH.H2O/c1-6-3-2-4-11-5-7(9(12)13)10-8(6)11;;/h2-5H,1H3,(H,12,13);1H;1H2. The minimum atomic E-state index is -0.997. The van der Waals surface area contributed by atoms with Gasteiger partial charge in [0, 0.05) is 12.4 Å². The van der Waals surface area contributed by atoms with Crippen molar-refractivity contribution in [2.75, 3.05) is 0 Å². The summed E-state index contributed by atoms with van der Waals surface area (Å²) in [6, 6.07) is 3.75. The normalized spacial score (nSPS) is 9.13. The molecule has 0 fully saturated rings. The van der Waals surface area contributed by atoms with Crippen molar-refractivity contribution < 1.29 is 15.4 Å². The van der Waals surface area contributed by atoms with Gasteiger partial charge in [0.15, 0.2) is 5.69 Å². The Bertz CT molecular complexity index is 481. The molecule has 0 atom stereocenters. The zero-order valence-electron chi connectivity index (χ0n) is 7.97. The molecule has 2 rings (SSSR count). The van der Waals surface area contributed by atoms with Crippen molar-refractivity contribution >= 4 is 24.0 Å². The molecule has 0 amide bonds. The van der Waals surface area contributed by atoms with Crippen molar-refractivity contribution in [1.82, 2.24) is 9.38 Å². The van der Waals surface area contributed by atoms with Gasteiger partial charge in [0.2, 0.25) is 0 Å². The molecule has 0 aliphatic heterocycles. The Morgan fingerprint density at radius 1 is 1.53 bits per heavy atom. The smallest absolute Gasteiger partial charge is 0.356 e.